The summed E-state index contributed by atoms with van der Waals surface area (Å²) < 4.78 is 2.06. The fraction of sp³-hybridized carbons (Fsp3) is 0.0714. The molecule has 0 aromatic heterocycles. The Hall–Kier alpha value is -1.08. The van der Waals surface area contributed by atoms with Gasteiger partial charge in [-0.15, -0.1) is 0 Å². The number of carbonyl (C=O) groups is 1. The van der Waals surface area contributed by atoms with Gasteiger partial charge in [0.25, 0.3) is 5.91 Å². The summed E-state index contributed by atoms with van der Waals surface area (Å²) in [7, 11) is 0. The molecule has 1 atom stereocenters. The van der Waals surface area contributed by atoms with Crippen molar-refractivity contribution in [3.63, 3.8) is 0 Å². The highest BCUT2D eigenvalue weighted by Gasteiger charge is 2.30. The Balaban J connectivity index is 1.95. The molecule has 96 valence electrons. The van der Waals surface area contributed by atoms with Crippen molar-refractivity contribution in [2.24, 2.45) is 0 Å². The summed E-state index contributed by atoms with van der Waals surface area (Å²) in [5, 5.41) is 6.19. The number of fused-ring (bicyclic) bond motifs is 1. The third-order valence-electron chi connectivity index (χ3n) is 3.02. The number of hydrogen-bond donors (Lipinski definition) is 2. The first-order valence-corrected chi connectivity index (χ1v) is 7.64. The van der Waals surface area contributed by atoms with Crippen LogP contribution in [0.2, 0.25) is 0 Å². The van der Waals surface area contributed by atoms with E-state index in [0.29, 0.717) is 0 Å². The van der Waals surface area contributed by atoms with Crippen LogP contribution in [0.15, 0.2) is 46.9 Å². The van der Waals surface area contributed by atoms with Gasteiger partial charge in [0.1, 0.15) is 6.04 Å². The van der Waals surface area contributed by atoms with Crippen molar-refractivity contribution < 1.29 is 4.79 Å². The summed E-state index contributed by atoms with van der Waals surface area (Å²) >= 11 is 5.67. The third-order valence-corrected chi connectivity index (χ3v) is 4.45. The van der Waals surface area contributed by atoms with Gasteiger partial charge in [0.15, 0.2) is 0 Å². The van der Waals surface area contributed by atoms with Crippen LogP contribution in [0.5, 0.6) is 0 Å². The van der Waals surface area contributed by atoms with E-state index < -0.39 is 0 Å². The Morgan fingerprint density at radius 1 is 1.21 bits per heavy atom. The lowest BCUT2D eigenvalue weighted by Gasteiger charge is -2.14. The molecular weight excluding hydrogens is 419 g/mol. The van der Waals surface area contributed by atoms with E-state index in [2.05, 4.69) is 49.2 Å². The minimum absolute atomic E-state index is 0.0206. The minimum atomic E-state index is -0.334. The van der Waals surface area contributed by atoms with Crippen LogP contribution < -0.4 is 10.6 Å². The molecule has 2 aromatic carbocycles. The number of benzene rings is 2. The van der Waals surface area contributed by atoms with Crippen LogP contribution in [0.1, 0.15) is 11.6 Å². The van der Waals surface area contributed by atoms with E-state index in [0.717, 1.165) is 25.0 Å². The fourth-order valence-electron chi connectivity index (χ4n) is 2.11. The molecule has 2 aromatic rings. The number of carbonyl (C=O) groups excluding carboxylic acids is 1. The van der Waals surface area contributed by atoms with Crippen LogP contribution in [0.25, 0.3) is 0 Å². The molecule has 1 unspecified atom stereocenters. The van der Waals surface area contributed by atoms with Crippen LogP contribution in [0.3, 0.4) is 0 Å². The largest absolute Gasteiger partial charge is 0.369 e. The summed E-state index contributed by atoms with van der Waals surface area (Å²) in [4.78, 5) is 12.1. The van der Waals surface area contributed by atoms with Gasteiger partial charge in [-0.05, 0) is 46.9 Å². The molecule has 3 rings (SSSR count). The molecule has 0 saturated carbocycles. The molecule has 19 heavy (non-hydrogen) atoms. The average molecular weight is 429 g/mol. The number of anilines is 2. The van der Waals surface area contributed by atoms with Crippen molar-refractivity contribution in [3.8, 4) is 0 Å². The summed E-state index contributed by atoms with van der Waals surface area (Å²) in [5.74, 6) is -0.0206. The molecular formula is C14H10BrIN2O. The first-order chi connectivity index (χ1) is 9.15. The normalized spacial score (nSPS) is 16.9. The number of para-hydroxylation sites is 1. The molecule has 3 nitrogen and oxygen atoms in total. The molecule has 0 aliphatic carbocycles. The summed E-state index contributed by atoms with van der Waals surface area (Å²) in [5.41, 5.74) is 2.81. The molecule has 0 spiro atoms. The van der Waals surface area contributed by atoms with Gasteiger partial charge in [-0.3, -0.25) is 4.79 Å². The first-order valence-electron chi connectivity index (χ1n) is 5.76. The van der Waals surface area contributed by atoms with E-state index in [1.807, 2.05) is 42.5 Å². The molecule has 0 saturated heterocycles. The highest BCUT2D eigenvalue weighted by molar-refractivity contribution is 14.1. The van der Waals surface area contributed by atoms with E-state index in [1.54, 1.807) is 0 Å². The molecule has 5 heteroatoms. The number of amides is 1. The van der Waals surface area contributed by atoms with Crippen LogP contribution in [-0.4, -0.2) is 5.91 Å². The van der Waals surface area contributed by atoms with Crippen molar-refractivity contribution in [2.75, 3.05) is 10.6 Å². The molecule has 1 amide bonds. The predicted molar refractivity (Wildman–Crippen MR) is 88.3 cm³/mol. The Morgan fingerprint density at radius 3 is 2.79 bits per heavy atom. The van der Waals surface area contributed by atoms with Gasteiger partial charge in [0.05, 0.1) is 0 Å². The third kappa shape index (κ3) is 2.49. The second-order valence-electron chi connectivity index (χ2n) is 4.28. The molecule has 1 aliphatic rings. The standard InChI is InChI=1S/C14H10BrIN2O/c15-8-5-6-9-12(7-8)18-14(19)13(9)17-11-4-2-1-3-10(11)16/h1-7,13,17H,(H,18,19). The van der Waals surface area contributed by atoms with E-state index in [-0.39, 0.29) is 11.9 Å². The molecule has 0 radical (unpaired) electrons. The topological polar surface area (TPSA) is 41.1 Å². The van der Waals surface area contributed by atoms with Gasteiger partial charge < -0.3 is 10.6 Å². The maximum Gasteiger partial charge on any atom is 0.251 e. The van der Waals surface area contributed by atoms with Crippen LogP contribution >= 0.6 is 38.5 Å². The Bertz CT molecular complexity index is 660. The molecule has 1 heterocycles. The average Bonchev–Trinajstić information content (AvgIpc) is 2.68. The first kappa shape index (κ1) is 12.9. The molecule has 0 fully saturated rings. The second-order valence-corrected chi connectivity index (χ2v) is 6.36. The van der Waals surface area contributed by atoms with Crippen molar-refractivity contribution >= 4 is 55.8 Å². The van der Waals surface area contributed by atoms with Crippen molar-refractivity contribution in [2.45, 2.75) is 6.04 Å². The second kappa shape index (κ2) is 5.13. The van der Waals surface area contributed by atoms with Gasteiger partial charge in [-0.25, -0.2) is 0 Å². The zero-order valence-corrected chi connectivity index (χ0v) is 13.5. The fourth-order valence-corrected chi connectivity index (χ4v) is 3.02. The predicted octanol–water partition coefficient (Wildman–Crippen LogP) is 4.16. The lowest BCUT2D eigenvalue weighted by Crippen LogP contribution is -2.20. The zero-order chi connectivity index (χ0) is 13.4. The monoisotopic (exact) mass is 428 g/mol. The van der Waals surface area contributed by atoms with E-state index in [1.165, 1.54) is 0 Å². The van der Waals surface area contributed by atoms with E-state index in [9.17, 15) is 4.79 Å². The Kier molecular flexibility index (Phi) is 3.49. The van der Waals surface area contributed by atoms with Crippen LogP contribution in [0, 0.1) is 3.57 Å². The smallest absolute Gasteiger partial charge is 0.251 e. The number of nitrogens with one attached hydrogen (secondary N) is 2. The molecule has 1 aliphatic heterocycles. The summed E-state index contributed by atoms with van der Waals surface area (Å²) in [6, 6.07) is 13.4. The van der Waals surface area contributed by atoms with Crippen LogP contribution in [0.4, 0.5) is 11.4 Å². The van der Waals surface area contributed by atoms with E-state index in [4.69, 9.17) is 0 Å². The summed E-state index contributed by atoms with van der Waals surface area (Å²) in [6.45, 7) is 0. The zero-order valence-electron chi connectivity index (χ0n) is 9.78. The van der Waals surface area contributed by atoms with Gasteiger partial charge in [0, 0.05) is 25.0 Å². The highest BCUT2D eigenvalue weighted by Crippen LogP contribution is 2.35. The number of halogens is 2. The summed E-state index contributed by atoms with van der Waals surface area (Å²) in [6.07, 6.45) is 0. The van der Waals surface area contributed by atoms with Crippen molar-refractivity contribution in [3.05, 3.63) is 56.1 Å². The van der Waals surface area contributed by atoms with Crippen molar-refractivity contribution in [1.82, 2.24) is 0 Å². The Morgan fingerprint density at radius 2 is 2.00 bits per heavy atom. The number of rotatable bonds is 2. The lowest BCUT2D eigenvalue weighted by molar-refractivity contribution is -0.116. The minimum Gasteiger partial charge on any atom is -0.369 e. The van der Waals surface area contributed by atoms with Gasteiger partial charge in [-0.2, -0.15) is 0 Å². The quantitative estimate of drug-likeness (QED) is 0.705. The van der Waals surface area contributed by atoms with Gasteiger partial charge >= 0.3 is 0 Å². The molecule has 0 bridgehead atoms. The maximum absolute atomic E-state index is 12.1. The van der Waals surface area contributed by atoms with Gasteiger partial charge in [-0.1, -0.05) is 34.1 Å². The lowest BCUT2D eigenvalue weighted by atomic mass is 10.1. The van der Waals surface area contributed by atoms with Crippen molar-refractivity contribution in [1.29, 1.82) is 0 Å². The van der Waals surface area contributed by atoms with E-state index >= 15 is 0 Å². The van der Waals surface area contributed by atoms with Gasteiger partial charge in [0.2, 0.25) is 0 Å². The number of hydrogen-bond acceptors (Lipinski definition) is 2. The van der Waals surface area contributed by atoms with Crippen LogP contribution in [-0.2, 0) is 4.79 Å². The SMILES string of the molecule is O=C1Nc2cc(Br)ccc2C1Nc1ccccc1I. The maximum atomic E-state index is 12.1. The Labute approximate surface area is 133 Å². The highest BCUT2D eigenvalue weighted by atomic mass is 127. The molecule has 2 N–H and O–H groups in total.